The molecule has 2 unspecified atom stereocenters. The fourth-order valence-corrected chi connectivity index (χ4v) is 3.38. The summed E-state index contributed by atoms with van der Waals surface area (Å²) in [4.78, 5) is 0. The zero-order valence-electron chi connectivity index (χ0n) is 10.7. The monoisotopic (exact) mass is 248 g/mol. The van der Waals surface area contributed by atoms with Crippen LogP contribution in [0.25, 0.3) is 0 Å². The van der Waals surface area contributed by atoms with Gasteiger partial charge < -0.3 is 18.9 Å². The minimum absolute atomic E-state index is 0.0195. The van der Waals surface area contributed by atoms with Crippen molar-refractivity contribution in [2.75, 3.05) is 40.6 Å². The number of ether oxygens (including phenoxy) is 4. The van der Waals surface area contributed by atoms with E-state index in [1.807, 2.05) is 0 Å². The van der Waals surface area contributed by atoms with Crippen molar-refractivity contribution in [1.29, 1.82) is 0 Å². The van der Waals surface area contributed by atoms with E-state index in [-0.39, 0.29) is 14.7 Å². The molecule has 0 aromatic carbocycles. The Labute approximate surface area is 100 Å². The molecule has 1 fully saturated rings. The number of rotatable bonds is 10. The summed E-state index contributed by atoms with van der Waals surface area (Å²) in [5, 5.41) is -0.0195. The molecule has 1 aliphatic rings. The van der Waals surface area contributed by atoms with Crippen LogP contribution >= 0.6 is 0 Å². The van der Waals surface area contributed by atoms with E-state index in [0.29, 0.717) is 12.7 Å². The first kappa shape index (κ1) is 14.1. The Bertz CT molecular complexity index is 187. The van der Waals surface area contributed by atoms with Gasteiger partial charge in [-0.05, 0) is 13.3 Å². The largest absolute Gasteiger partial charge is 0.382 e. The summed E-state index contributed by atoms with van der Waals surface area (Å²) in [7, 11) is 3.23. The molecule has 0 bridgehead atoms. The maximum atomic E-state index is 5.51. The first-order valence-electron chi connectivity index (χ1n) is 5.93. The third-order valence-corrected chi connectivity index (χ3v) is 5.30. The molecular weight excluding hydrogens is 224 g/mol. The van der Waals surface area contributed by atoms with E-state index in [9.17, 15) is 0 Å². The highest BCUT2D eigenvalue weighted by Gasteiger charge is 2.24. The van der Waals surface area contributed by atoms with Crippen LogP contribution in [0.3, 0.4) is 0 Å². The van der Waals surface area contributed by atoms with Gasteiger partial charge in [0.25, 0.3) is 0 Å². The molecule has 0 spiro atoms. The van der Waals surface area contributed by atoms with Crippen LogP contribution in [0.1, 0.15) is 13.3 Å². The van der Waals surface area contributed by atoms with E-state index in [1.54, 1.807) is 14.2 Å². The van der Waals surface area contributed by atoms with Gasteiger partial charge in [0.1, 0.15) is 6.10 Å². The molecule has 0 N–H and O–H groups in total. The zero-order chi connectivity index (χ0) is 11.9. The van der Waals surface area contributed by atoms with E-state index < -0.39 is 0 Å². The third-order valence-electron chi connectivity index (χ3n) is 2.89. The summed E-state index contributed by atoms with van der Waals surface area (Å²) in [5.41, 5.74) is 0. The van der Waals surface area contributed by atoms with Crippen LogP contribution in [0.4, 0.5) is 0 Å². The Kier molecular flexibility index (Phi) is 6.53. The number of methoxy groups -OCH3 is 2. The van der Waals surface area contributed by atoms with Crippen LogP contribution in [0.5, 0.6) is 0 Å². The van der Waals surface area contributed by atoms with Crippen molar-refractivity contribution >= 4 is 9.52 Å². The van der Waals surface area contributed by atoms with Gasteiger partial charge in [0, 0.05) is 20.8 Å². The molecular formula is C11H24O4Si. The molecule has 5 heteroatoms. The predicted octanol–water partition coefficient (Wildman–Crippen LogP) is 0.388. The standard InChI is InChI=1S/C11H24O4Si/c1-11(13-3,9-12-2)16-6-4-5-14-7-10-8-15-10/h10H,4-9,16H2,1-3H3. The van der Waals surface area contributed by atoms with Crippen LogP contribution in [0.15, 0.2) is 0 Å². The molecule has 0 amide bonds. The average Bonchev–Trinajstić information content (AvgIpc) is 3.07. The van der Waals surface area contributed by atoms with Crippen LogP contribution < -0.4 is 0 Å². The smallest absolute Gasteiger partial charge is 0.104 e. The van der Waals surface area contributed by atoms with Gasteiger partial charge in [0.2, 0.25) is 0 Å². The number of epoxide rings is 1. The molecule has 0 saturated carbocycles. The van der Waals surface area contributed by atoms with E-state index in [2.05, 4.69) is 6.92 Å². The second kappa shape index (κ2) is 7.40. The molecule has 16 heavy (non-hydrogen) atoms. The van der Waals surface area contributed by atoms with E-state index in [0.717, 1.165) is 26.2 Å². The van der Waals surface area contributed by atoms with Gasteiger partial charge in [-0.1, -0.05) is 6.04 Å². The highest BCUT2D eigenvalue weighted by molar-refractivity contribution is 6.39. The van der Waals surface area contributed by atoms with Crippen molar-refractivity contribution in [1.82, 2.24) is 0 Å². The Morgan fingerprint density at radius 3 is 2.75 bits per heavy atom. The van der Waals surface area contributed by atoms with Gasteiger partial charge in [-0.3, -0.25) is 0 Å². The first-order chi connectivity index (χ1) is 7.70. The van der Waals surface area contributed by atoms with Crippen molar-refractivity contribution in [2.45, 2.75) is 30.7 Å². The summed E-state index contributed by atoms with van der Waals surface area (Å²) in [6.07, 6.45) is 1.51. The molecule has 0 radical (unpaired) electrons. The summed E-state index contributed by atoms with van der Waals surface area (Å²) in [5.74, 6) is 0. The molecule has 1 saturated heterocycles. The average molecular weight is 248 g/mol. The van der Waals surface area contributed by atoms with Crippen LogP contribution in [-0.4, -0.2) is 61.5 Å². The van der Waals surface area contributed by atoms with Crippen molar-refractivity contribution in [3.8, 4) is 0 Å². The molecule has 96 valence electrons. The fraction of sp³-hybridized carbons (Fsp3) is 1.00. The maximum absolute atomic E-state index is 5.51. The van der Waals surface area contributed by atoms with Gasteiger partial charge in [0.05, 0.1) is 34.6 Å². The summed E-state index contributed by atoms with van der Waals surface area (Å²) < 4.78 is 21.2. The lowest BCUT2D eigenvalue weighted by Crippen LogP contribution is -2.39. The lowest BCUT2D eigenvalue weighted by molar-refractivity contribution is 0.00573. The maximum Gasteiger partial charge on any atom is 0.104 e. The Morgan fingerprint density at radius 2 is 2.19 bits per heavy atom. The van der Waals surface area contributed by atoms with Gasteiger partial charge in [-0.25, -0.2) is 0 Å². The van der Waals surface area contributed by atoms with Crippen molar-refractivity contribution in [3.63, 3.8) is 0 Å². The predicted molar refractivity (Wildman–Crippen MR) is 65.8 cm³/mol. The molecule has 0 aliphatic carbocycles. The van der Waals surface area contributed by atoms with Gasteiger partial charge in [-0.2, -0.15) is 0 Å². The third kappa shape index (κ3) is 5.96. The van der Waals surface area contributed by atoms with Crippen molar-refractivity contribution in [2.24, 2.45) is 0 Å². The van der Waals surface area contributed by atoms with E-state index in [4.69, 9.17) is 18.9 Å². The molecule has 1 heterocycles. The summed E-state index contributed by atoms with van der Waals surface area (Å²) in [6.45, 7) is 5.33. The zero-order valence-corrected chi connectivity index (χ0v) is 12.1. The highest BCUT2D eigenvalue weighted by Crippen LogP contribution is 2.12. The Balaban J connectivity index is 1.94. The van der Waals surface area contributed by atoms with Gasteiger partial charge in [0.15, 0.2) is 0 Å². The lowest BCUT2D eigenvalue weighted by atomic mass is 10.4. The van der Waals surface area contributed by atoms with Crippen LogP contribution in [0, 0.1) is 0 Å². The minimum Gasteiger partial charge on any atom is -0.382 e. The SMILES string of the molecule is COCC(C)(OC)[SiH2]CCCOCC1CO1. The van der Waals surface area contributed by atoms with Crippen LogP contribution in [-0.2, 0) is 18.9 Å². The van der Waals surface area contributed by atoms with Gasteiger partial charge in [-0.15, -0.1) is 0 Å². The van der Waals surface area contributed by atoms with Gasteiger partial charge >= 0.3 is 0 Å². The molecule has 2 atom stereocenters. The molecule has 1 rings (SSSR count). The molecule has 4 nitrogen and oxygen atoms in total. The minimum atomic E-state index is -0.272. The summed E-state index contributed by atoms with van der Waals surface area (Å²) in [6, 6.07) is 1.24. The Hall–Kier alpha value is 0.0569. The first-order valence-corrected chi connectivity index (χ1v) is 7.64. The second-order valence-corrected chi connectivity index (χ2v) is 7.28. The molecule has 0 aromatic rings. The lowest BCUT2D eigenvalue weighted by Gasteiger charge is -2.26. The number of hydrogen-bond donors (Lipinski definition) is 0. The molecule has 0 aromatic heterocycles. The second-order valence-electron chi connectivity index (χ2n) is 4.57. The van der Waals surface area contributed by atoms with E-state index in [1.165, 1.54) is 6.04 Å². The highest BCUT2D eigenvalue weighted by atomic mass is 28.2. The number of hydrogen-bond acceptors (Lipinski definition) is 4. The van der Waals surface area contributed by atoms with Crippen molar-refractivity contribution in [3.05, 3.63) is 0 Å². The van der Waals surface area contributed by atoms with E-state index >= 15 is 0 Å². The quantitative estimate of drug-likeness (QED) is 0.318. The Morgan fingerprint density at radius 1 is 1.44 bits per heavy atom. The van der Waals surface area contributed by atoms with Crippen molar-refractivity contribution < 1.29 is 18.9 Å². The normalized spacial score (nSPS) is 23.8. The fourth-order valence-electron chi connectivity index (χ4n) is 1.62. The summed E-state index contributed by atoms with van der Waals surface area (Å²) >= 11 is 0. The topological polar surface area (TPSA) is 40.2 Å². The molecule has 1 aliphatic heterocycles. The van der Waals surface area contributed by atoms with Crippen LogP contribution in [0.2, 0.25) is 6.04 Å².